The second-order valence-electron chi connectivity index (χ2n) is 3.93. The van der Waals surface area contributed by atoms with Crippen LogP contribution in [0.5, 0.6) is 0 Å². The Labute approximate surface area is 109 Å². The van der Waals surface area contributed by atoms with E-state index in [9.17, 15) is 0 Å². The molecule has 0 amide bonds. The van der Waals surface area contributed by atoms with Crippen molar-refractivity contribution in [1.82, 2.24) is 0 Å². The molecular formula is C11H20Br2O2. The van der Waals surface area contributed by atoms with Crippen LogP contribution < -0.4 is 0 Å². The number of halogens is 2. The first-order valence-corrected chi connectivity index (χ1v) is 7.56. The molecule has 0 heterocycles. The molecule has 2 atom stereocenters. The van der Waals surface area contributed by atoms with Crippen molar-refractivity contribution in [3.63, 3.8) is 0 Å². The van der Waals surface area contributed by atoms with Crippen molar-refractivity contribution < 1.29 is 9.47 Å². The molecule has 1 fully saturated rings. The van der Waals surface area contributed by atoms with Gasteiger partial charge in [-0.3, -0.25) is 0 Å². The monoisotopic (exact) mass is 342 g/mol. The summed E-state index contributed by atoms with van der Waals surface area (Å²) in [4.78, 5) is 0.597. The Hall–Kier alpha value is 0.880. The fraction of sp³-hybridized carbons (Fsp3) is 1.00. The van der Waals surface area contributed by atoms with Gasteiger partial charge in [0.15, 0.2) is 5.79 Å². The van der Waals surface area contributed by atoms with Crippen LogP contribution in [0.2, 0.25) is 0 Å². The fourth-order valence-corrected chi connectivity index (χ4v) is 3.87. The summed E-state index contributed by atoms with van der Waals surface area (Å²) in [6.07, 6.45) is 4.25. The van der Waals surface area contributed by atoms with E-state index in [1.165, 1.54) is 0 Å². The lowest BCUT2D eigenvalue weighted by atomic mass is 10.2. The van der Waals surface area contributed by atoms with Crippen molar-refractivity contribution >= 4 is 31.9 Å². The molecule has 2 nitrogen and oxygen atoms in total. The maximum atomic E-state index is 5.95. The van der Waals surface area contributed by atoms with Crippen molar-refractivity contribution in [1.29, 1.82) is 0 Å². The number of hydrogen-bond acceptors (Lipinski definition) is 2. The molecule has 0 bridgehead atoms. The van der Waals surface area contributed by atoms with E-state index in [4.69, 9.17) is 9.47 Å². The van der Waals surface area contributed by atoms with E-state index < -0.39 is 5.79 Å². The summed E-state index contributed by atoms with van der Waals surface area (Å²) in [5.41, 5.74) is 0. The quantitative estimate of drug-likeness (QED) is 0.538. The lowest BCUT2D eigenvalue weighted by molar-refractivity contribution is -0.223. The molecule has 90 valence electrons. The molecule has 1 aliphatic carbocycles. The van der Waals surface area contributed by atoms with E-state index in [0.717, 1.165) is 38.9 Å². The lowest BCUT2D eigenvalue weighted by Crippen LogP contribution is -2.47. The van der Waals surface area contributed by atoms with Gasteiger partial charge in [-0.2, -0.15) is 0 Å². The molecular weight excluding hydrogens is 324 g/mol. The predicted molar refractivity (Wildman–Crippen MR) is 69.9 cm³/mol. The predicted octanol–water partition coefficient (Wildman–Crippen LogP) is 3.86. The minimum atomic E-state index is -0.452. The second kappa shape index (κ2) is 6.58. The van der Waals surface area contributed by atoms with E-state index in [1.54, 1.807) is 0 Å². The molecule has 0 aliphatic heterocycles. The molecule has 0 aromatic rings. The third-order valence-electron chi connectivity index (χ3n) is 2.61. The molecule has 1 saturated carbocycles. The van der Waals surface area contributed by atoms with Gasteiger partial charge < -0.3 is 9.47 Å². The zero-order chi connectivity index (χ0) is 11.3. The normalized spacial score (nSPS) is 29.6. The summed E-state index contributed by atoms with van der Waals surface area (Å²) in [5.74, 6) is -0.452. The molecule has 1 aliphatic rings. The molecule has 0 radical (unpaired) electrons. The first kappa shape index (κ1) is 13.9. The van der Waals surface area contributed by atoms with Crippen LogP contribution in [0.1, 0.15) is 39.5 Å². The Morgan fingerprint density at radius 2 is 1.40 bits per heavy atom. The average molecular weight is 344 g/mol. The number of ether oxygens (including phenoxy) is 2. The maximum Gasteiger partial charge on any atom is 0.193 e. The standard InChI is InChI=1S/C11H20Br2O2/c1-3-7-14-11(15-8-4-2)9(12)5-6-10(11)13/h9-10H,3-8H2,1-2H3. The first-order valence-electron chi connectivity index (χ1n) is 5.73. The Balaban J connectivity index is 2.64. The SMILES string of the molecule is CCCOC1(OCCC)C(Br)CCC1Br. The third kappa shape index (κ3) is 3.18. The van der Waals surface area contributed by atoms with Gasteiger partial charge in [0.1, 0.15) is 0 Å². The van der Waals surface area contributed by atoms with Crippen LogP contribution in [0.3, 0.4) is 0 Å². The van der Waals surface area contributed by atoms with Crippen LogP contribution in [0.15, 0.2) is 0 Å². The molecule has 0 spiro atoms. The van der Waals surface area contributed by atoms with Gasteiger partial charge in [-0.1, -0.05) is 45.7 Å². The van der Waals surface area contributed by atoms with Gasteiger partial charge in [0.05, 0.1) is 9.65 Å². The molecule has 4 heteroatoms. The molecule has 0 aromatic carbocycles. The Morgan fingerprint density at radius 3 is 1.73 bits per heavy atom. The first-order chi connectivity index (χ1) is 7.17. The van der Waals surface area contributed by atoms with Crippen molar-refractivity contribution in [2.45, 2.75) is 55.0 Å². The minimum Gasteiger partial charge on any atom is -0.348 e. The summed E-state index contributed by atoms with van der Waals surface area (Å²) < 4.78 is 11.9. The third-order valence-corrected chi connectivity index (χ3v) is 4.80. The summed E-state index contributed by atoms with van der Waals surface area (Å²) in [7, 11) is 0. The van der Waals surface area contributed by atoms with E-state index in [2.05, 4.69) is 45.7 Å². The Bertz CT molecular complexity index is 167. The second-order valence-corrected chi connectivity index (χ2v) is 6.14. The van der Waals surface area contributed by atoms with Crippen LogP contribution in [0.4, 0.5) is 0 Å². The molecule has 1 rings (SSSR count). The highest BCUT2D eigenvalue weighted by molar-refractivity contribution is 9.10. The Morgan fingerprint density at radius 1 is 1.00 bits per heavy atom. The minimum absolute atomic E-state index is 0.299. The van der Waals surface area contributed by atoms with Crippen LogP contribution in [-0.2, 0) is 9.47 Å². The molecule has 0 saturated heterocycles. The Kier molecular flexibility index (Phi) is 6.11. The molecule has 2 unspecified atom stereocenters. The van der Waals surface area contributed by atoms with Crippen LogP contribution >= 0.6 is 31.9 Å². The molecule has 15 heavy (non-hydrogen) atoms. The average Bonchev–Trinajstić information content (AvgIpc) is 2.51. The topological polar surface area (TPSA) is 18.5 Å². The lowest BCUT2D eigenvalue weighted by Gasteiger charge is -2.35. The van der Waals surface area contributed by atoms with Crippen LogP contribution in [0.25, 0.3) is 0 Å². The van der Waals surface area contributed by atoms with Gasteiger partial charge in [-0.05, 0) is 25.7 Å². The molecule has 0 aromatic heterocycles. The smallest absolute Gasteiger partial charge is 0.193 e. The van der Waals surface area contributed by atoms with Crippen molar-refractivity contribution in [3.8, 4) is 0 Å². The van der Waals surface area contributed by atoms with Crippen molar-refractivity contribution in [2.24, 2.45) is 0 Å². The summed E-state index contributed by atoms with van der Waals surface area (Å²) >= 11 is 7.37. The van der Waals surface area contributed by atoms with E-state index in [0.29, 0.717) is 9.65 Å². The summed E-state index contributed by atoms with van der Waals surface area (Å²) in [5, 5.41) is 0. The van der Waals surface area contributed by atoms with E-state index in [-0.39, 0.29) is 0 Å². The van der Waals surface area contributed by atoms with Gasteiger partial charge in [-0.15, -0.1) is 0 Å². The van der Waals surface area contributed by atoms with Crippen molar-refractivity contribution in [2.75, 3.05) is 13.2 Å². The van der Waals surface area contributed by atoms with Crippen molar-refractivity contribution in [3.05, 3.63) is 0 Å². The summed E-state index contributed by atoms with van der Waals surface area (Å²) in [6, 6.07) is 0. The zero-order valence-electron chi connectivity index (χ0n) is 9.47. The van der Waals surface area contributed by atoms with Gasteiger partial charge in [0, 0.05) is 13.2 Å². The highest BCUT2D eigenvalue weighted by Gasteiger charge is 2.50. The van der Waals surface area contributed by atoms with Gasteiger partial charge in [0.25, 0.3) is 0 Å². The molecule has 0 N–H and O–H groups in total. The van der Waals surface area contributed by atoms with Crippen LogP contribution in [-0.4, -0.2) is 28.7 Å². The summed E-state index contributed by atoms with van der Waals surface area (Å²) in [6.45, 7) is 5.76. The van der Waals surface area contributed by atoms with Crippen LogP contribution in [0, 0.1) is 0 Å². The number of hydrogen-bond donors (Lipinski definition) is 0. The number of alkyl halides is 2. The van der Waals surface area contributed by atoms with Gasteiger partial charge in [0.2, 0.25) is 0 Å². The fourth-order valence-electron chi connectivity index (χ4n) is 1.82. The zero-order valence-corrected chi connectivity index (χ0v) is 12.6. The maximum absolute atomic E-state index is 5.95. The van der Waals surface area contributed by atoms with E-state index in [1.807, 2.05) is 0 Å². The number of rotatable bonds is 6. The highest BCUT2D eigenvalue weighted by atomic mass is 79.9. The largest absolute Gasteiger partial charge is 0.348 e. The van der Waals surface area contributed by atoms with Gasteiger partial charge >= 0.3 is 0 Å². The highest BCUT2D eigenvalue weighted by Crippen LogP contribution is 2.43. The van der Waals surface area contributed by atoms with Gasteiger partial charge in [-0.25, -0.2) is 0 Å². The van der Waals surface area contributed by atoms with E-state index >= 15 is 0 Å².